The topological polar surface area (TPSA) is 32.3 Å². The van der Waals surface area contributed by atoms with Crippen LogP contribution >= 0.6 is 11.8 Å². The van der Waals surface area contributed by atoms with Gasteiger partial charge in [0.25, 0.3) is 0 Å². The highest BCUT2D eigenvalue weighted by molar-refractivity contribution is 7.99. The van der Waals surface area contributed by atoms with Gasteiger partial charge in [-0.1, -0.05) is 13.8 Å². The summed E-state index contributed by atoms with van der Waals surface area (Å²) in [4.78, 5) is 0. The van der Waals surface area contributed by atoms with Gasteiger partial charge in [0, 0.05) is 18.3 Å². The third-order valence-corrected chi connectivity index (χ3v) is 3.50. The molecule has 78 valence electrons. The van der Waals surface area contributed by atoms with Crippen molar-refractivity contribution in [3.63, 3.8) is 0 Å². The van der Waals surface area contributed by atoms with Gasteiger partial charge in [0.15, 0.2) is 0 Å². The lowest BCUT2D eigenvalue weighted by atomic mass is 10.3. The molecule has 1 atom stereocenters. The Hall–Kier alpha value is 0.270. The van der Waals surface area contributed by atoms with Crippen LogP contribution in [-0.4, -0.2) is 35.3 Å². The third kappa shape index (κ3) is 6.36. The molecule has 0 aliphatic heterocycles. The van der Waals surface area contributed by atoms with Gasteiger partial charge in [0.1, 0.15) is 0 Å². The van der Waals surface area contributed by atoms with Gasteiger partial charge in [0.2, 0.25) is 0 Å². The van der Waals surface area contributed by atoms with E-state index in [-0.39, 0.29) is 6.10 Å². The number of thioether (sulfide) groups is 1. The Labute approximate surface area is 85.5 Å². The van der Waals surface area contributed by atoms with Crippen molar-refractivity contribution in [1.82, 2.24) is 5.32 Å². The highest BCUT2D eigenvalue weighted by Gasteiger charge is 2.21. The van der Waals surface area contributed by atoms with Crippen molar-refractivity contribution >= 4 is 11.8 Å². The van der Waals surface area contributed by atoms with Crippen molar-refractivity contribution in [2.75, 3.05) is 18.1 Å². The zero-order valence-electron chi connectivity index (χ0n) is 8.62. The third-order valence-electron chi connectivity index (χ3n) is 1.98. The first-order valence-electron chi connectivity index (χ1n) is 5.17. The molecule has 1 aliphatic rings. The summed E-state index contributed by atoms with van der Waals surface area (Å²) in [6.07, 6.45) is 2.43. The molecular formula is C10H21NOS. The Bertz CT molecular complexity index is 137. The molecule has 1 unspecified atom stereocenters. The molecule has 0 radical (unpaired) electrons. The fraction of sp³-hybridized carbons (Fsp3) is 1.00. The van der Waals surface area contributed by atoms with Crippen molar-refractivity contribution in [1.29, 1.82) is 0 Å². The number of hydrogen-bond donors (Lipinski definition) is 2. The van der Waals surface area contributed by atoms with Crippen molar-refractivity contribution in [2.24, 2.45) is 5.92 Å². The van der Waals surface area contributed by atoms with Gasteiger partial charge in [-0.05, 0) is 24.5 Å². The van der Waals surface area contributed by atoms with Gasteiger partial charge in [-0.15, -0.1) is 0 Å². The summed E-state index contributed by atoms with van der Waals surface area (Å²) >= 11 is 1.85. The number of nitrogens with one attached hydrogen (secondary N) is 1. The Morgan fingerprint density at radius 3 is 2.62 bits per heavy atom. The molecule has 0 aromatic rings. The maximum absolute atomic E-state index is 9.56. The minimum atomic E-state index is -0.163. The van der Waals surface area contributed by atoms with Gasteiger partial charge >= 0.3 is 0 Å². The maximum Gasteiger partial charge on any atom is 0.0754 e. The van der Waals surface area contributed by atoms with Gasteiger partial charge in [0.05, 0.1) is 6.10 Å². The molecular weight excluding hydrogens is 182 g/mol. The summed E-state index contributed by atoms with van der Waals surface area (Å²) < 4.78 is 0. The van der Waals surface area contributed by atoms with Crippen LogP contribution in [0.4, 0.5) is 0 Å². The summed E-state index contributed by atoms with van der Waals surface area (Å²) in [5, 5.41) is 12.9. The molecule has 0 bridgehead atoms. The first-order valence-corrected chi connectivity index (χ1v) is 6.33. The monoisotopic (exact) mass is 203 g/mol. The van der Waals surface area contributed by atoms with Crippen LogP contribution in [0.5, 0.6) is 0 Å². The smallest absolute Gasteiger partial charge is 0.0754 e. The molecule has 1 saturated carbocycles. The maximum atomic E-state index is 9.56. The van der Waals surface area contributed by atoms with Crippen molar-refractivity contribution in [3.05, 3.63) is 0 Å². The van der Waals surface area contributed by atoms with E-state index in [1.807, 2.05) is 11.8 Å². The Kier molecular flexibility index (Phi) is 5.14. The lowest BCUT2D eigenvalue weighted by Crippen LogP contribution is -2.30. The number of hydrogen-bond acceptors (Lipinski definition) is 3. The van der Waals surface area contributed by atoms with Crippen LogP contribution in [-0.2, 0) is 0 Å². The standard InChI is InChI=1S/C10H21NOS/c1-8(2)6-13-7-10(12)5-11-9-3-4-9/h8-12H,3-7H2,1-2H3. The van der Waals surface area contributed by atoms with E-state index in [4.69, 9.17) is 0 Å². The lowest BCUT2D eigenvalue weighted by molar-refractivity contribution is 0.195. The van der Waals surface area contributed by atoms with Crippen LogP contribution in [0.2, 0.25) is 0 Å². The molecule has 0 spiro atoms. The second kappa shape index (κ2) is 5.89. The van der Waals surface area contributed by atoms with Gasteiger partial charge < -0.3 is 10.4 Å². The summed E-state index contributed by atoms with van der Waals surface area (Å²) in [6, 6.07) is 0.713. The van der Waals surface area contributed by atoms with E-state index in [0.717, 1.165) is 24.0 Å². The summed E-state index contributed by atoms with van der Waals surface area (Å²) in [5.41, 5.74) is 0. The van der Waals surface area contributed by atoms with E-state index in [1.165, 1.54) is 12.8 Å². The second-order valence-electron chi connectivity index (χ2n) is 4.27. The van der Waals surface area contributed by atoms with Crippen LogP contribution in [0.15, 0.2) is 0 Å². The molecule has 0 saturated heterocycles. The molecule has 1 rings (SSSR count). The Morgan fingerprint density at radius 2 is 2.08 bits per heavy atom. The van der Waals surface area contributed by atoms with Crippen LogP contribution in [0, 0.1) is 5.92 Å². The Morgan fingerprint density at radius 1 is 1.38 bits per heavy atom. The van der Waals surface area contributed by atoms with Gasteiger partial charge in [-0.3, -0.25) is 0 Å². The van der Waals surface area contributed by atoms with E-state index in [9.17, 15) is 5.11 Å². The van der Waals surface area contributed by atoms with Crippen molar-refractivity contribution in [3.8, 4) is 0 Å². The van der Waals surface area contributed by atoms with E-state index in [2.05, 4.69) is 19.2 Å². The number of rotatable bonds is 7. The minimum absolute atomic E-state index is 0.163. The highest BCUT2D eigenvalue weighted by Crippen LogP contribution is 2.18. The molecule has 0 amide bonds. The molecule has 0 aromatic heterocycles. The molecule has 2 N–H and O–H groups in total. The summed E-state index contributed by atoms with van der Waals surface area (Å²) in [5.74, 6) is 2.76. The molecule has 2 nitrogen and oxygen atoms in total. The number of aliphatic hydroxyl groups excluding tert-OH is 1. The SMILES string of the molecule is CC(C)CSCC(O)CNC1CC1. The molecule has 0 heterocycles. The summed E-state index contributed by atoms with van der Waals surface area (Å²) in [7, 11) is 0. The van der Waals surface area contributed by atoms with Crippen molar-refractivity contribution in [2.45, 2.75) is 38.8 Å². The van der Waals surface area contributed by atoms with E-state index in [0.29, 0.717) is 6.04 Å². The van der Waals surface area contributed by atoms with Crippen molar-refractivity contribution < 1.29 is 5.11 Å². The van der Waals surface area contributed by atoms with E-state index < -0.39 is 0 Å². The molecule has 1 aliphatic carbocycles. The highest BCUT2D eigenvalue weighted by atomic mass is 32.2. The van der Waals surface area contributed by atoms with Crippen LogP contribution in [0.3, 0.4) is 0 Å². The first-order chi connectivity index (χ1) is 6.18. The first kappa shape index (κ1) is 11.3. The fourth-order valence-electron chi connectivity index (χ4n) is 1.09. The molecule has 3 heteroatoms. The average molecular weight is 203 g/mol. The van der Waals surface area contributed by atoms with E-state index in [1.54, 1.807) is 0 Å². The normalized spacial score (nSPS) is 19.4. The number of aliphatic hydroxyl groups is 1. The molecule has 1 fully saturated rings. The predicted octanol–water partition coefficient (Wildman–Crippen LogP) is 1.49. The average Bonchev–Trinajstić information content (AvgIpc) is 2.83. The second-order valence-corrected chi connectivity index (χ2v) is 5.34. The zero-order chi connectivity index (χ0) is 9.68. The zero-order valence-corrected chi connectivity index (χ0v) is 9.44. The van der Waals surface area contributed by atoms with Crippen LogP contribution < -0.4 is 5.32 Å². The van der Waals surface area contributed by atoms with Crippen LogP contribution in [0.25, 0.3) is 0 Å². The predicted molar refractivity (Wildman–Crippen MR) is 59.2 cm³/mol. The van der Waals surface area contributed by atoms with Crippen LogP contribution in [0.1, 0.15) is 26.7 Å². The Balaban J connectivity index is 1.87. The largest absolute Gasteiger partial charge is 0.391 e. The fourth-order valence-corrected chi connectivity index (χ4v) is 2.09. The quantitative estimate of drug-likeness (QED) is 0.657. The summed E-state index contributed by atoms with van der Waals surface area (Å²) in [6.45, 7) is 5.19. The van der Waals surface area contributed by atoms with Gasteiger partial charge in [-0.2, -0.15) is 11.8 Å². The molecule has 0 aromatic carbocycles. The molecule has 13 heavy (non-hydrogen) atoms. The lowest BCUT2D eigenvalue weighted by Gasteiger charge is -2.11. The minimum Gasteiger partial charge on any atom is -0.391 e. The van der Waals surface area contributed by atoms with Gasteiger partial charge in [-0.25, -0.2) is 0 Å². The van der Waals surface area contributed by atoms with E-state index >= 15 is 0 Å².